The normalized spacial score (nSPS) is 10.6. The zero-order chi connectivity index (χ0) is 17.4. The second-order valence-corrected chi connectivity index (χ2v) is 4.88. The fraction of sp³-hybridized carbons (Fsp3) is 0.294. The van der Waals surface area contributed by atoms with Crippen molar-refractivity contribution in [3.05, 3.63) is 53.5 Å². The third kappa shape index (κ3) is 5.96. The first-order chi connectivity index (χ1) is 11.7. The van der Waals surface area contributed by atoms with Crippen LogP contribution in [0.3, 0.4) is 0 Å². The van der Waals surface area contributed by atoms with E-state index in [9.17, 15) is 4.79 Å². The van der Waals surface area contributed by atoms with Crippen LogP contribution < -0.4 is 15.4 Å². The zero-order valence-corrected chi connectivity index (χ0v) is 16.7. The van der Waals surface area contributed by atoms with Crippen molar-refractivity contribution in [1.29, 1.82) is 0 Å². The van der Waals surface area contributed by atoms with Crippen LogP contribution in [0.15, 0.2) is 46.0 Å². The fourth-order valence-electron chi connectivity index (χ4n) is 2.12. The summed E-state index contributed by atoms with van der Waals surface area (Å²) >= 11 is 0. The van der Waals surface area contributed by atoms with Crippen molar-refractivity contribution in [3.63, 3.8) is 0 Å². The van der Waals surface area contributed by atoms with E-state index >= 15 is 0 Å². The molecular formula is C17H22IN3O4. The lowest BCUT2D eigenvalue weighted by molar-refractivity contribution is 0.0597. The predicted molar refractivity (Wildman–Crippen MR) is 105 cm³/mol. The molecule has 0 amide bonds. The van der Waals surface area contributed by atoms with E-state index in [1.807, 2.05) is 18.2 Å². The Balaban J connectivity index is 0.00000312. The minimum Gasteiger partial charge on any atom is -0.496 e. The Labute approximate surface area is 163 Å². The number of halogens is 1. The molecule has 0 aliphatic rings. The van der Waals surface area contributed by atoms with Crippen LogP contribution in [0.4, 0.5) is 0 Å². The highest BCUT2D eigenvalue weighted by molar-refractivity contribution is 14.0. The van der Waals surface area contributed by atoms with Gasteiger partial charge in [0.25, 0.3) is 0 Å². The molecule has 2 rings (SSSR count). The van der Waals surface area contributed by atoms with Crippen LogP contribution >= 0.6 is 24.0 Å². The molecule has 1 heterocycles. The van der Waals surface area contributed by atoms with Gasteiger partial charge in [-0.15, -0.1) is 24.0 Å². The lowest BCUT2D eigenvalue weighted by Gasteiger charge is -2.13. The van der Waals surface area contributed by atoms with Gasteiger partial charge in [0.05, 0.1) is 27.0 Å². The van der Waals surface area contributed by atoms with Gasteiger partial charge >= 0.3 is 5.97 Å². The summed E-state index contributed by atoms with van der Waals surface area (Å²) in [5.41, 5.74) is 1.29. The summed E-state index contributed by atoms with van der Waals surface area (Å²) in [5.74, 6) is 1.48. The summed E-state index contributed by atoms with van der Waals surface area (Å²) in [6.07, 6.45) is 1.62. The van der Waals surface area contributed by atoms with Crippen LogP contribution in [0.2, 0.25) is 0 Å². The predicted octanol–water partition coefficient (Wildman–Crippen LogP) is 2.56. The van der Waals surface area contributed by atoms with Crippen molar-refractivity contribution < 1.29 is 18.7 Å². The molecule has 0 aliphatic heterocycles. The average Bonchev–Trinajstić information content (AvgIpc) is 3.14. The molecule has 0 aliphatic carbocycles. The van der Waals surface area contributed by atoms with Gasteiger partial charge in [0, 0.05) is 13.6 Å². The standard InChI is InChI=1S/C17H21N3O4.HI/c1-18-17(20-11-13-5-4-8-24-13)19-10-12-6-7-15(22-2)14(9-12)16(21)23-3;/h4-9H,10-11H2,1-3H3,(H2,18,19,20);1H. The summed E-state index contributed by atoms with van der Waals surface area (Å²) in [6, 6.07) is 9.06. The molecule has 25 heavy (non-hydrogen) atoms. The van der Waals surface area contributed by atoms with Crippen molar-refractivity contribution in [2.75, 3.05) is 21.3 Å². The molecule has 0 atom stereocenters. The van der Waals surface area contributed by atoms with Gasteiger partial charge in [-0.3, -0.25) is 4.99 Å². The van der Waals surface area contributed by atoms with Crippen LogP contribution in [-0.2, 0) is 17.8 Å². The lowest BCUT2D eigenvalue weighted by Crippen LogP contribution is -2.36. The monoisotopic (exact) mass is 459 g/mol. The molecule has 0 bridgehead atoms. The van der Waals surface area contributed by atoms with E-state index in [2.05, 4.69) is 15.6 Å². The van der Waals surface area contributed by atoms with Crippen molar-refractivity contribution in [1.82, 2.24) is 10.6 Å². The van der Waals surface area contributed by atoms with Crippen LogP contribution in [0.5, 0.6) is 5.75 Å². The fourth-order valence-corrected chi connectivity index (χ4v) is 2.12. The molecule has 0 fully saturated rings. The van der Waals surface area contributed by atoms with E-state index in [1.165, 1.54) is 14.2 Å². The molecule has 2 aromatic rings. The third-order valence-corrected chi connectivity index (χ3v) is 3.36. The number of nitrogens with zero attached hydrogens (tertiary/aromatic N) is 1. The van der Waals surface area contributed by atoms with Gasteiger partial charge in [-0.05, 0) is 29.8 Å². The number of furan rings is 1. The SMILES string of the molecule is CN=C(NCc1ccc(OC)c(C(=O)OC)c1)NCc1ccco1.I. The Morgan fingerprint density at radius 1 is 1.20 bits per heavy atom. The first-order valence-electron chi connectivity index (χ1n) is 7.40. The van der Waals surface area contributed by atoms with Gasteiger partial charge in [0.2, 0.25) is 0 Å². The molecule has 0 unspecified atom stereocenters. The van der Waals surface area contributed by atoms with Gasteiger partial charge in [0.1, 0.15) is 17.1 Å². The Bertz CT molecular complexity index is 702. The third-order valence-electron chi connectivity index (χ3n) is 3.36. The number of guanidine groups is 1. The number of carbonyl (C=O) groups is 1. The maximum Gasteiger partial charge on any atom is 0.341 e. The lowest BCUT2D eigenvalue weighted by atomic mass is 10.1. The summed E-state index contributed by atoms with van der Waals surface area (Å²) < 4.78 is 15.2. The smallest absolute Gasteiger partial charge is 0.341 e. The molecule has 8 heteroatoms. The van der Waals surface area contributed by atoms with Gasteiger partial charge in [-0.2, -0.15) is 0 Å². The zero-order valence-electron chi connectivity index (χ0n) is 14.4. The van der Waals surface area contributed by atoms with E-state index in [-0.39, 0.29) is 24.0 Å². The van der Waals surface area contributed by atoms with Crippen LogP contribution in [0.25, 0.3) is 0 Å². The van der Waals surface area contributed by atoms with Gasteiger partial charge in [-0.1, -0.05) is 6.07 Å². The van der Waals surface area contributed by atoms with Crippen molar-refractivity contribution in [2.24, 2.45) is 4.99 Å². The number of esters is 1. The number of hydrogen-bond donors (Lipinski definition) is 2. The van der Waals surface area contributed by atoms with Crippen molar-refractivity contribution in [2.45, 2.75) is 13.1 Å². The molecular weight excluding hydrogens is 437 g/mol. The van der Waals surface area contributed by atoms with Crippen LogP contribution in [-0.4, -0.2) is 33.2 Å². The molecule has 0 radical (unpaired) electrons. The number of carbonyl (C=O) groups excluding carboxylic acids is 1. The number of rotatable bonds is 6. The quantitative estimate of drug-likeness (QED) is 0.299. The number of hydrogen-bond acceptors (Lipinski definition) is 5. The summed E-state index contributed by atoms with van der Waals surface area (Å²) in [4.78, 5) is 16.0. The first-order valence-corrected chi connectivity index (χ1v) is 7.40. The largest absolute Gasteiger partial charge is 0.496 e. The number of ether oxygens (including phenoxy) is 2. The number of aliphatic imine (C=N–C) groups is 1. The topological polar surface area (TPSA) is 85.1 Å². The van der Waals surface area contributed by atoms with Gasteiger partial charge in [-0.25, -0.2) is 4.79 Å². The Hall–Kier alpha value is -2.23. The van der Waals surface area contributed by atoms with E-state index in [0.717, 1.165) is 11.3 Å². The van der Waals surface area contributed by atoms with Crippen molar-refractivity contribution in [3.8, 4) is 5.75 Å². The highest BCUT2D eigenvalue weighted by atomic mass is 127. The van der Waals surface area contributed by atoms with E-state index in [0.29, 0.717) is 30.4 Å². The van der Waals surface area contributed by atoms with Gasteiger partial charge in [0.15, 0.2) is 5.96 Å². The molecule has 2 N–H and O–H groups in total. The number of methoxy groups -OCH3 is 2. The van der Waals surface area contributed by atoms with E-state index < -0.39 is 5.97 Å². The molecule has 0 spiro atoms. The van der Waals surface area contributed by atoms with Crippen LogP contribution in [0.1, 0.15) is 21.7 Å². The second-order valence-electron chi connectivity index (χ2n) is 4.88. The average molecular weight is 459 g/mol. The molecule has 7 nitrogen and oxygen atoms in total. The van der Waals surface area contributed by atoms with E-state index in [1.54, 1.807) is 25.4 Å². The minimum atomic E-state index is -0.436. The summed E-state index contributed by atoms with van der Waals surface area (Å²) in [6.45, 7) is 1.02. The Morgan fingerprint density at radius 2 is 1.96 bits per heavy atom. The summed E-state index contributed by atoms with van der Waals surface area (Å²) in [5, 5.41) is 6.32. The highest BCUT2D eigenvalue weighted by Crippen LogP contribution is 2.20. The minimum absolute atomic E-state index is 0. The molecule has 0 saturated heterocycles. The maximum atomic E-state index is 11.8. The molecule has 1 aromatic heterocycles. The molecule has 136 valence electrons. The van der Waals surface area contributed by atoms with Gasteiger partial charge < -0.3 is 24.5 Å². The summed E-state index contributed by atoms with van der Waals surface area (Å²) in [7, 11) is 4.54. The first kappa shape index (κ1) is 20.8. The maximum absolute atomic E-state index is 11.8. The van der Waals surface area contributed by atoms with Crippen molar-refractivity contribution >= 4 is 35.9 Å². The number of nitrogens with one attached hydrogen (secondary N) is 2. The Morgan fingerprint density at radius 3 is 2.56 bits per heavy atom. The van der Waals surface area contributed by atoms with E-state index in [4.69, 9.17) is 13.9 Å². The molecule has 1 aromatic carbocycles. The highest BCUT2D eigenvalue weighted by Gasteiger charge is 2.13. The van der Waals surface area contributed by atoms with Crippen LogP contribution in [0, 0.1) is 0 Å². The Kier molecular flexibility index (Phi) is 8.82. The number of benzene rings is 1. The molecule has 0 saturated carbocycles. The second kappa shape index (κ2) is 10.6.